The van der Waals surface area contributed by atoms with Gasteiger partial charge in [0.05, 0.1) is 14.2 Å². The summed E-state index contributed by atoms with van der Waals surface area (Å²) in [5.41, 5.74) is 0.498. The van der Waals surface area contributed by atoms with E-state index >= 15 is 0 Å². The van der Waals surface area contributed by atoms with E-state index in [0.29, 0.717) is 17.2 Å². The zero-order valence-corrected chi connectivity index (χ0v) is 13.9. The normalized spacial score (nSPS) is 14.9. The molecule has 1 aliphatic rings. The van der Waals surface area contributed by atoms with E-state index in [1.165, 1.54) is 13.5 Å². The van der Waals surface area contributed by atoms with Gasteiger partial charge in [-0.3, -0.25) is 9.59 Å². The van der Waals surface area contributed by atoms with Crippen molar-refractivity contribution in [3.05, 3.63) is 18.2 Å². The van der Waals surface area contributed by atoms with Crippen LogP contribution in [0.1, 0.15) is 32.1 Å². The highest BCUT2D eigenvalue weighted by Crippen LogP contribution is 2.29. The van der Waals surface area contributed by atoms with Gasteiger partial charge >= 0.3 is 11.8 Å². The van der Waals surface area contributed by atoms with Gasteiger partial charge in [-0.05, 0) is 25.0 Å². The van der Waals surface area contributed by atoms with Gasteiger partial charge in [-0.15, -0.1) is 0 Å². The van der Waals surface area contributed by atoms with E-state index in [-0.39, 0.29) is 6.04 Å². The number of hydrogen-bond donors (Lipinski definition) is 1. The van der Waals surface area contributed by atoms with Gasteiger partial charge in [0.25, 0.3) is 0 Å². The van der Waals surface area contributed by atoms with Gasteiger partial charge in [-0.25, -0.2) is 0 Å². The summed E-state index contributed by atoms with van der Waals surface area (Å²) in [6, 6.07) is 5.15. The Balaban J connectivity index is 2.01. The van der Waals surface area contributed by atoms with Crippen LogP contribution in [0.5, 0.6) is 11.5 Å². The summed E-state index contributed by atoms with van der Waals surface area (Å²) in [7, 11) is 4.76. The van der Waals surface area contributed by atoms with E-state index in [9.17, 15) is 9.59 Å². The minimum Gasteiger partial charge on any atom is -0.493 e. The van der Waals surface area contributed by atoms with E-state index < -0.39 is 11.8 Å². The number of amides is 2. The molecule has 1 aliphatic carbocycles. The Morgan fingerprint density at radius 1 is 1.09 bits per heavy atom. The van der Waals surface area contributed by atoms with Crippen molar-refractivity contribution in [2.24, 2.45) is 0 Å². The molecule has 0 atom stereocenters. The first kappa shape index (κ1) is 17.1. The van der Waals surface area contributed by atoms with Crippen LogP contribution in [0.4, 0.5) is 5.69 Å². The fraction of sp³-hybridized carbons (Fsp3) is 0.529. The lowest BCUT2D eigenvalue weighted by atomic mass is 9.94. The highest BCUT2D eigenvalue weighted by molar-refractivity contribution is 6.39. The molecule has 0 bridgehead atoms. The van der Waals surface area contributed by atoms with Crippen molar-refractivity contribution < 1.29 is 19.1 Å². The molecule has 1 aromatic rings. The molecular formula is C17H24N2O4. The van der Waals surface area contributed by atoms with Gasteiger partial charge in [0.2, 0.25) is 0 Å². The minimum atomic E-state index is -0.634. The molecule has 0 heterocycles. The molecule has 23 heavy (non-hydrogen) atoms. The molecule has 1 saturated carbocycles. The quantitative estimate of drug-likeness (QED) is 0.865. The SMILES string of the molecule is COc1ccc(NC(=O)C(=O)N(C)C2CCCCC2)cc1OC. The molecule has 6 heteroatoms. The average Bonchev–Trinajstić information content (AvgIpc) is 2.60. The first-order valence-corrected chi connectivity index (χ1v) is 7.87. The van der Waals surface area contributed by atoms with Crippen LogP contribution >= 0.6 is 0 Å². The number of likely N-dealkylation sites (N-methyl/N-ethyl adjacent to an activating group) is 1. The molecule has 0 radical (unpaired) electrons. The van der Waals surface area contributed by atoms with Gasteiger partial charge in [-0.1, -0.05) is 19.3 Å². The van der Waals surface area contributed by atoms with E-state index in [1.54, 1.807) is 37.3 Å². The summed E-state index contributed by atoms with van der Waals surface area (Å²) < 4.78 is 10.3. The predicted octanol–water partition coefficient (Wildman–Crippen LogP) is 2.43. The van der Waals surface area contributed by atoms with Gasteiger partial charge < -0.3 is 19.7 Å². The molecule has 0 unspecified atom stereocenters. The fourth-order valence-corrected chi connectivity index (χ4v) is 2.89. The maximum absolute atomic E-state index is 12.3. The van der Waals surface area contributed by atoms with Crippen molar-refractivity contribution in [1.29, 1.82) is 0 Å². The highest BCUT2D eigenvalue weighted by atomic mass is 16.5. The molecular weight excluding hydrogens is 296 g/mol. The number of nitrogens with zero attached hydrogens (tertiary/aromatic N) is 1. The largest absolute Gasteiger partial charge is 0.493 e. The maximum Gasteiger partial charge on any atom is 0.313 e. The van der Waals surface area contributed by atoms with Crippen molar-refractivity contribution in [2.75, 3.05) is 26.6 Å². The van der Waals surface area contributed by atoms with Crippen LogP contribution < -0.4 is 14.8 Å². The van der Waals surface area contributed by atoms with Crippen molar-refractivity contribution >= 4 is 17.5 Å². The van der Waals surface area contributed by atoms with Gasteiger partial charge in [0.15, 0.2) is 11.5 Å². The number of benzene rings is 1. The molecule has 0 spiro atoms. The molecule has 1 N–H and O–H groups in total. The third-order valence-electron chi connectivity index (χ3n) is 4.28. The van der Waals surface area contributed by atoms with Crippen LogP contribution in [0, 0.1) is 0 Å². The smallest absolute Gasteiger partial charge is 0.313 e. The molecule has 0 aliphatic heterocycles. The van der Waals surface area contributed by atoms with Crippen LogP contribution in [0.25, 0.3) is 0 Å². The summed E-state index contributed by atoms with van der Waals surface area (Å²) in [6.45, 7) is 0. The fourth-order valence-electron chi connectivity index (χ4n) is 2.89. The van der Waals surface area contributed by atoms with Crippen LogP contribution in [-0.2, 0) is 9.59 Å². The number of methoxy groups -OCH3 is 2. The van der Waals surface area contributed by atoms with Gasteiger partial charge in [0, 0.05) is 24.8 Å². The number of carbonyl (C=O) groups is 2. The first-order valence-electron chi connectivity index (χ1n) is 7.87. The molecule has 1 aromatic carbocycles. The van der Waals surface area contributed by atoms with E-state index in [0.717, 1.165) is 25.7 Å². The second-order valence-corrected chi connectivity index (χ2v) is 5.73. The van der Waals surface area contributed by atoms with Crippen molar-refractivity contribution in [2.45, 2.75) is 38.1 Å². The van der Waals surface area contributed by atoms with Crippen molar-refractivity contribution in [1.82, 2.24) is 4.90 Å². The number of rotatable bonds is 4. The number of nitrogens with one attached hydrogen (secondary N) is 1. The Hall–Kier alpha value is -2.24. The standard InChI is InChI=1S/C17H24N2O4/c1-19(13-7-5-4-6-8-13)17(21)16(20)18-12-9-10-14(22-2)15(11-12)23-3/h9-11,13H,4-8H2,1-3H3,(H,18,20). The third-order valence-corrected chi connectivity index (χ3v) is 4.28. The topological polar surface area (TPSA) is 67.9 Å². The molecule has 1 fully saturated rings. The van der Waals surface area contributed by atoms with Crippen LogP contribution in [0.3, 0.4) is 0 Å². The zero-order valence-electron chi connectivity index (χ0n) is 13.9. The monoisotopic (exact) mass is 320 g/mol. The number of anilines is 1. The summed E-state index contributed by atoms with van der Waals surface area (Å²) in [4.78, 5) is 26.0. The number of ether oxygens (including phenoxy) is 2. The van der Waals surface area contributed by atoms with E-state index in [2.05, 4.69) is 5.32 Å². The van der Waals surface area contributed by atoms with Crippen LogP contribution in [0.15, 0.2) is 18.2 Å². The lowest BCUT2D eigenvalue weighted by molar-refractivity contribution is -0.144. The Kier molecular flexibility index (Phi) is 5.84. The third kappa shape index (κ3) is 4.15. The Morgan fingerprint density at radius 2 is 1.74 bits per heavy atom. The lowest BCUT2D eigenvalue weighted by Gasteiger charge is -2.30. The number of carbonyl (C=O) groups excluding carboxylic acids is 2. The Labute approximate surface area is 136 Å². The zero-order chi connectivity index (χ0) is 16.8. The minimum absolute atomic E-state index is 0.160. The molecule has 0 saturated heterocycles. The molecule has 0 aromatic heterocycles. The molecule has 6 nitrogen and oxygen atoms in total. The summed E-state index contributed by atoms with van der Waals surface area (Å²) in [6.07, 6.45) is 5.35. The van der Waals surface area contributed by atoms with Crippen LogP contribution in [-0.4, -0.2) is 44.0 Å². The van der Waals surface area contributed by atoms with Gasteiger partial charge in [0.1, 0.15) is 0 Å². The summed E-state index contributed by atoms with van der Waals surface area (Å²) in [5, 5.41) is 2.62. The van der Waals surface area contributed by atoms with Crippen molar-refractivity contribution in [3.63, 3.8) is 0 Å². The van der Waals surface area contributed by atoms with E-state index in [4.69, 9.17) is 9.47 Å². The first-order chi connectivity index (χ1) is 11.1. The Bertz CT molecular complexity index is 568. The molecule has 2 amide bonds. The van der Waals surface area contributed by atoms with Crippen molar-refractivity contribution in [3.8, 4) is 11.5 Å². The lowest BCUT2D eigenvalue weighted by Crippen LogP contribution is -2.44. The van der Waals surface area contributed by atoms with Gasteiger partial charge in [-0.2, -0.15) is 0 Å². The maximum atomic E-state index is 12.3. The second-order valence-electron chi connectivity index (χ2n) is 5.73. The average molecular weight is 320 g/mol. The van der Waals surface area contributed by atoms with E-state index in [1.807, 2.05) is 0 Å². The predicted molar refractivity (Wildman–Crippen MR) is 87.8 cm³/mol. The highest BCUT2D eigenvalue weighted by Gasteiger charge is 2.26. The second kappa shape index (κ2) is 7.85. The summed E-state index contributed by atoms with van der Waals surface area (Å²) >= 11 is 0. The molecule has 2 rings (SSSR count). The number of hydrogen-bond acceptors (Lipinski definition) is 4. The van der Waals surface area contributed by atoms with Crippen LogP contribution in [0.2, 0.25) is 0 Å². The summed E-state index contributed by atoms with van der Waals surface area (Å²) in [5.74, 6) is -0.0773. The molecule has 126 valence electrons. The Morgan fingerprint density at radius 3 is 2.35 bits per heavy atom.